The Morgan fingerprint density at radius 3 is 2.55 bits per heavy atom. The number of halogens is 1. The van der Waals surface area contributed by atoms with Crippen molar-refractivity contribution in [2.24, 2.45) is 5.73 Å². The van der Waals surface area contributed by atoms with Crippen molar-refractivity contribution in [3.05, 3.63) is 22.2 Å². The molecule has 0 aromatic heterocycles. The minimum atomic E-state index is -1.02. The van der Waals surface area contributed by atoms with Gasteiger partial charge in [-0.05, 0) is 35.0 Å². The summed E-state index contributed by atoms with van der Waals surface area (Å²) in [5.74, 6) is -0.792. The van der Waals surface area contributed by atoms with Gasteiger partial charge in [0.1, 0.15) is 0 Å². The number of carbonyl (C=O) groups excluding carboxylic acids is 3. The van der Waals surface area contributed by atoms with Gasteiger partial charge in [-0.1, -0.05) is 0 Å². The lowest BCUT2D eigenvalue weighted by Gasteiger charge is -2.13. The fraction of sp³-hybridized carbons (Fsp3) is 0.308. The predicted molar refractivity (Wildman–Crippen MR) is 79.9 cm³/mol. The van der Waals surface area contributed by atoms with E-state index in [1.807, 2.05) is 0 Å². The highest BCUT2D eigenvalue weighted by molar-refractivity contribution is 9.10. The molecular weight excluding hydrogens is 360 g/mol. The Kier molecular flexibility index (Phi) is 6.64. The van der Waals surface area contributed by atoms with Gasteiger partial charge in [0.25, 0.3) is 5.91 Å². The van der Waals surface area contributed by atoms with Crippen LogP contribution in [-0.4, -0.2) is 38.2 Å². The van der Waals surface area contributed by atoms with Crippen LogP contribution in [0.15, 0.2) is 16.6 Å². The van der Waals surface area contributed by atoms with E-state index in [-0.39, 0.29) is 5.56 Å². The van der Waals surface area contributed by atoms with Gasteiger partial charge < -0.3 is 19.9 Å². The van der Waals surface area contributed by atoms with Gasteiger partial charge in [-0.25, -0.2) is 9.59 Å². The number of urea groups is 1. The highest BCUT2D eigenvalue weighted by Crippen LogP contribution is 2.36. The molecule has 8 nitrogen and oxygen atoms in total. The van der Waals surface area contributed by atoms with E-state index < -0.39 is 24.5 Å². The summed E-state index contributed by atoms with van der Waals surface area (Å²) in [4.78, 5) is 33.6. The number of nitrogens with one attached hydrogen (secondary N) is 1. The van der Waals surface area contributed by atoms with E-state index in [0.717, 1.165) is 0 Å². The third-order valence-corrected chi connectivity index (χ3v) is 2.94. The SMILES string of the molecule is CCOc1cc(C(=O)OCC(=O)NC(N)=O)cc(Br)c1OC. The third kappa shape index (κ3) is 4.92. The van der Waals surface area contributed by atoms with E-state index in [1.54, 1.807) is 12.2 Å². The molecule has 0 radical (unpaired) electrons. The maximum atomic E-state index is 11.9. The summed E-state index contributed by atoms with van der Waals surface area (Å²) in [7, 11) is 1.47. The zero-order valence-corrected chi connectivity index (χ0v) is 13.6. The first-order valence-electron chi connectivity index (χ1n) is 6.15. The number of benzene rings is 1. The Hall–Kier alpha value is -2.29. The Bertz CT molecular complexity index is 590. The number of hydrogen-bond acceptors (Lipinski definition) is 6. The van der Waals surface area contributed by atoms with E-state index in [9.17, 15) is 14.4 Å². The molecule has 3 N–H and O–H groups in total. The zero-order valence-electron chi connectivity index (χ0n) is 12.0. The summed E-state index contributed by atoms with van der Waals surface area (Å²) in [5, 5.41) is 1.78. The van der Waals surface area contributed by atoms with E-state index in [1.165, 1.54) is 19.2 Å². The second kappa shape index (κ2) is 8.23. The second-order valence-electron chi connectivity index (χ2n) is 3.91. The summed E-state index contributed by atoms with van der Waals surface area (Å²) >= 11 is 3.26. The van der Waals surface area contributed by atoms with Crippen molar-refractivity contribution in [2.45, 2.75) is 6.92 Å². The molecule has 0 saturated heterocycles. The fourth-order valence-corrected chi connectivity index (χ4v) is 2.14. The zero-order chi connectivity index (χ0) is 16.7. The predicted octanol–water partition coefficient (Wildman–Crippen LogP) is 1.21. The second-order valence-corrected chi connectivity index (χ2v) is 4.77. The number of imide groups is 1. The van der Waals surface area contributed by atoms with Gasteiger partial charge >= 0.3 is 12.0 Å². The topological polar surface area (TPSA) is 117 Å². The van der Waals surface area contributed by atoms with Crippen LogP contribution in [0.3, 0.4) is 0 Å². The van der Waals surface area contributed by atoms with Crippen LogP contribution >= 0.6 is 15.9 Å². The van der Waals surface area contributed by atoms with Crippen molar-refractivity contribution in [2.75, 3.05) is 20.3 Å². The monoisotopic (exact) mass is 374 g/mol. The van der Waals surface area contributed by atoms with Crippen LogP contribution in [0.2, 0.25) is 0 Å². The van der Waals surface area contributed by atoms with Crippen molar-refractivity contribution in [3.63, 3.8) is 0 Å². The van der Waals surface area contributed by atoms with Crippen molar-refractivity contribution < 1.29 is 28.6 Å². The van der Waals surface area contributed by atoms with E-state index in [0.29, 0.717) is 22.6 Å². The van der Waals surface area contributed by atoms with Crippen LogP contribution in [0, 0.1) is 0 Å². The summed E-state index contributed by atoms with van der Waals surface area (Å²) in [6.45, 7) is 1.53. The van der Waals surface area contributed by atoms with Gasteiger partial charge in [-0.3, -0.25) is 10.1 Å². The molecule has 0 spiro atoms. The average Bonchev–Trinajstić information content (AvgIpc) is 2.44. The van der Waals surface area contributed by atoms with Gasteiger partial charge in [0.05, 0.1) is 23.8 Å². The van der Waals surface area contributed by atoms with Gasteiger partial charge in [-0.15, -0.1) is 0 Å². The largest absolute Gasteiger partial charge is 0.492 e. The number of ether oxygens (including phenoxy) is 3. The highest BCUT2D eigenvalue weighted by atomic mass is 79.9. The number of amides is 3. The molecule has 9 heteroatoms. The van der Waals surface area contributed by atoms with Crippen LogP contribution in [0.25, 0.3) is 0 Å². The number of esters is 1. The maximum Gasteiger partial charge on any atom is 0.338 e. The van der Waals surface area contributed by atoms with E-state index >= 15 is 0 Å². The molecule has 3 amide bonds. The average molecular weight is 375 g/mol. The molecule has 0 aliphatic carbocycles. The lowest BCUT2D eigenvalue weighted by atomic mass is 10.2. The number of methoxy groups -OCH3 is 1. The van der Waals surface area contributed by atoms with E-state index in [4.69, 9.17) is 19.9 Å². The number of carbonyl (C=O) groups is 3. The first-order chi connectivity index (χ1) is 10.4. The minimum absolute atomic E-state index is 0.156. The van der Waals surface area contributed by atoms with Crippen LogP contribution in [-0.2, 0) is 9.53 Å². The maximum absolute atomic E-state index is 11.9. The molecule has 0 fully saturated rings. The lowest BCUT2D eigenvalue weighted by Crippen LogP contribution is -2.37. The Morgan fingerprint density at radius 2 is 2.00 bits per heavy atom. The molecule has 120 valence electrons. The van der Waals surface area contributed by atoms with Crippen LogP contribution in [0.4, 0.5) is 4.79 Å². The van der Waals surface area contributed by atoms with Crippen LogP contribution in [0.1, 0.15) is 17.3 Å². The summed E-state index contributed by atoms with van der Waals surface area (Å²) in [6, 6.07) is 1.88. The van der Waals surface area contributed by atoms with Crippen LogP contribution in [0.5, 0.6) is 11.5 Å². The van der Waals surface area contributed by atoms with Gasteiger partial charge in [0.2, 0.25) is 0 Å². The Balaban J connectivity index is 2.85. The van der Waals surface area contributed by atoms with Crippen molar-refractivity contribution in [1.82, 2.24) is 5.32 Å². The quantitative estimate of drug-likeness (QED) is 0.722. The highest BCUT2D eigenvalue weighted by Gasteiger charge is 2.17. The third-order valence-electron chi connectivity index (χ3n) is 2.35. The molecular formula is C13H15BrN2O6. The molecule has 0 unspecified atom stereocenters. The molecule has 1 rings (SSSR count). The molecule has 0 bridgehead atoms. The molecule has 0 aliphatic heterocycles. The fourth-order valence-electron chi connectivity index (χ4n) is 1.53. The molecule has 1 aromatic carbocycles. The first kappa shape index (κ1) is 17.8. The van der Waals surface area contributed by atoms with Gasteiger partial charge in [-0.2, -0.15) is 0 Å². The molecule has 1 aromatic rings. The van der Waals surface area contributed by atoms with Crippen LogP contribution < -0.4 is 20.5 Å². The van der Waals surface area contributed by atoms with Crippen molar-refractivity contribution in [3.8, 4) is 11.5 Å². The number of hydrogen-bond donors (Lipinski definition) is 2. The number of rotatable bonds is 6. The Morgan fingerprint density at radius 1 is 1.32 bits per heavy atom. The molecule has 0 aliphatic rings. The standard InChI is InChI=1S/C13H15BrN2O6/c1-3-21-9-5-7(4-8(14)11(9)20-2)12(18)22-6-10(17)16-13(15)19/h4-5H,3,6H2,1-2H3,(H3,15,16,17,19). The smallest absolute Gasteiger partial charge is 0.338 e. The summed E-state index contributed by atoms with van der Waals surface area (Å²) < 4.78 is 15.8. The minimum Gasteiger partial charge on any atom is -0.492 e. The van der Waals surface area contributed by atoms with Gasteiger partial charge in [0.15, 0.2) is 18.1 Å². The molecule has 0 saturated carbocycles. The number of nitrogens with two attached hydrogens (primary N) is 1. The number of primary amides is 1. The molecule has 0 atom stereocenters. The Labute approximate surface area is 135 Å². The summed E-state index contributed by atoms with van der Waals surface area (Å²) in [5.41, 5.74) is 4.92. The molecule has 22 heavy (non-hydrogen) atoms. The van der Waals surface area contributed by atoms with Crippen molar-refractivity contribution >= 4 is 33.8 Å². The van der Waals surface area contributed by atoms with Crippen molar-refractivity contribution in [1.29, 1.82) is 0 Å². The summed E-state index contributed by atoms with van der Waals surface area (Å²) in [6.07, 6.45) is 0. The lowest BCUT2D eigenvalue weighted by molar-refractivity contribution is -0.123. The molecule has 0 heterocycles. The normalized spacial score (nSPS) is 9.77. The van der Waals surface area contributed by atoms with E-state index in [2.05, 4.69) is 15.9 Å². The van der Waals surface area contributed by atoms with Gasteiger partial charge in [0, 0.05) is 0 Å². The first-order valence-corrected chi connectivity index (χ1v) is 6.95.